The summed E-state index contributed by atoms with van der Waals surface area (Å²) < 4.78 is 6.82. The maximum absolute atomic E-state index is 6.82. The van der Waals surface area contributed by atoms with Gasteiger partial charge in [0, 0.05) is 11.1 Å². The Balaban J connectivity index is 2.68. The van der Waals surface area contributed by atoms with Gasteiger partial charge in [0.2, 0.25) is 0 Å². The van der Waals surface area contributed by atoms with Crippen molar-refractivity contribution in [2.24, 2.45) is 0 Å². The van der Waals surface area contributed by atoms with Gasteiger partial charge < -0.3 is 4.74 Å². The van der Waals surface area contributed by atoms with Gasteiger partial charge in [0.25, 0.3) is 0 Å². The van der Waals surface area contributed by atoms with Gasteiger partial charge in [-0.05, 0) is 70.6 Å². The Morgan fingerprint density at radius 2 is 0.788 bits per heavy atom. The van der Waals surface area contributed by atoms with Gasteiger partial charge in [-0.1, -0.05) is 107 Å². The first-order valence-electron chi connectivity index (χ1n) is 13.1. The molecular weight excluding hydrogens is 400 g/mol. The maximum atomic E-state index is 6.82. The van der Waals surface area contributed by atoms with Gasteiger partial charge >= 0.3 is 0 Å². The van der Waals surface area contributed by atoms with E-state index in [1.54, 1.807) is 0 Å². The molecule has 33 heavy (non-hydrogen) atoms. The van der Waals surface area contributed by atoms with Gasteiger partial charge in [-0.15, -0.1) is 0 Å². The van der Waals surface area contributed by atoms with Crippen LogP contribution in [0.1, 0.15) is 131 Å². The third kappa shape index (κ3) is 5.84. The van der Waals surface area contributed by atoms with Crippen LogP contribution in [0.4, 0.5) is 0 Å². The quantitative estimate of drug-likeness (QED) is 0.350. The second kappa shape index (κ2) is 9.85. The Bertz CT molecular complexity index is 865. The summed E-state index contributed by atoms with van der Waals surface area (Å²) in [6.07, 6.45) is 4.36. The molecule has 0 radical (unpaired) electrons. The fourth-order valence-electron chi connectivity index (χ4n) is 4.05. The Morgan fingerprint density at radius 3 is 1.06 bits per heavy atom. The Hall–Kier alpha value is -1.76. The zero-order chi connectivity index (χ0) is 25.2. The van der Waals surface area contributed by atoms with Crippen molar-refractivity contribution in [1.82, 2.24) is 0 Å². The highest BCUT2D eigenvalue weighted by Crippen LogP contribution is 2.44. The molecule has 0 fully saturated rings. The third-order valence-corrected chi connectivity index (χ3v) is 8.74. The van der Waals surface area contributed by atoms with Crippen molar-refractivity contribution >= 4 is 0 Å². The monoisotopic (exact) mass is 450 g/mol. The summed E-state index contributed by atoms with van der Waals surface area (Å²) in [7, 11) is 0. The van der Waals surface area contributed by atoms with Crippen LogP contribution in [0, 0.1) is 0 Å². The van der Waals surface area contributed by atoms with Crippen LogP contribution in [0.5, 0.6) is 11.5 Å². The largest absolute Gasteiger partial charge is 0.457 e. The van der Waals surface area contributed by atoms with Crippen LogP contribution in [0.15, 0.2) is 36.4 Å². The zero-order valence-electron chi connectivity index (χ0n) is 23.7. The predicted molar refractivity (Wildman–Crippen MR) is 146 cm³/mol. The first-order valence-corrected chi connectivity index (χ1v) is 13.1. The van der Waals surface area contributed by atoms with E-state index < -0.39 is 0 Å². The second-order valence-corrected chi connectivity index (χ2v) is 12.5. The molecule has 0 saturated heterocycles. The highest BCUT2D eigenvalue weighted by molar-refractivity contribution is 5.50. The van der Waals surface area contributed by atoms with Gasteiger partial charge in [-0.25, -0.2) is 0 Å². The SMILES string of the molecule is CCC(C)(C)c1ccc(Oc2ccc(C(C)(C)CC)cc2C(C)(C)CC)c(C(C)(C)CC)c1. The van der Waals surface area contributed by atoms with Crippen molar-refractivity contribution in [2.45, 2.75) is 130 Å². The van der Waals surface area contributed by atoms with Gasteiger partial charge in [-0.3, -0.25) is 0 Å². The first kappa shape index (κ1) is 27.5. The fraction of sp³-hybridized carbons (Fsp3) is 0.625. The Kier molecular flexibility index (Phi) is 8.20. The molecule has 2 aromatic rings. The molecule has 0 saturated carbocycles. The smallest absolute Gasteiger partial charge is 0.131 e. The van der Waals surface area contributed by atoms with E-state index in [2.05, 4.69) is 119 Å². The number of hydrogen-bond donors (Lipinski definition) is 0. The third-order valence-electron chi connectivity index (χ3n) is 8.74. The summed E-state index contributed by atoms with van der Waals surface area (Å²) in [6.45, 7) is 27.8. The number of hydrogen-bond acceptors (Lipinski definition) is 1. The van der Waals surface area contributed by atoms with Crippen LogP contribution in [0.25, 0.3) is 0 Å². The van der Waals surface area contributed by atoms with Crippen LogP contribution < -0.4 is 4.74 Å². The van der Waals surface area contributed by atoms with Crippen molar-refractivity contribution in [3.63, 3.8) is 0 Å². The van der Waals surface area contributed by atoms with Crippen molar-refractivity contribution in [1.29, 1.82) is 0 Å². The van der Waals surface area contributed by atoms with Crippen LogP contribution in [-0.2, 0) is 21.7 Å². The molecule has 0 spiro atoms. The fourth-order valence-corrected chi connectivity index (χ4v) is 4.05. The molecule has 2 rings (SSSR count). The highest BCUT2D eigenvalue weighted by Gasteiger charge is 2.30. The Labute approximate surface area is 205 Å². The number of rotatable bonds is 10. The first-order chi connectivity index (χ1) is 15.1. The molecule has 184 valence electrons. The topological polar surface area (TPSA) is 9.23 Å². The van der Waals surface area contributed by atoms with Crippen LogP contribution >= 0.6 is 0 Å². The molecule has 0 amide bonds. The molecular formula is C32H50O. The summed E-state index contributed by atoms with van der Waals surface area (Å²) in [5.74, 6) is 1.99. The molecule has 1 nitrogen and oxygen atoms in total. The highest BCUT2D eigenvalue weighted by atomic mass is 16.5. The summed E-state index contributed by atoms with van der Waals surface area (Å²) in [6, 6.07) is 13.8. The van der Waals surface area contributed by atoms with Crippen molar-refractivity contribution in [3.8, 4) is 11.5 Å². The average molecular weight is 451 g/mol. The number of benzene rings is 2. The normalized spacial score (nSPS) is 13.3. The minimum atomic E-state index is 0.0414. The molecule has 0 bridgehead atoms. The summed E-state index contributed by atoms with van der Waals surface area (Å²) in [5, 5.41) is 0. The van der Waals surface area contributed by atoms with Gasteiger partial charge in [-0.2, -0.15) is 0 Å². The molecule has 0 aliphatic carbocycles. The number of ether oxygens (including phenoxy) is 1. The molecule has 0 heterocycles. The van der Waals surface area contributed by atoms with Crippen molar-refractivity contribution < 1.29 is 4.74 Å². The van der Waals surface area contributed by atoms with Crippen molar-refractivity contribution in [2.75, 3.05) is 0 Å². The van der Waals surface area contributed by atoms with Gasteiger partial charge in [0.05, 0.1) is 0 Å². The minimum Gasteiger partial charge on any atom is -0.457 e. The Morgan fingerprint density at radius 1 is 0.485 bits per heavy atom. The van der Waals surface area contributed by atoms with E-state index >= 15 is 0 Å². The summed E-state index contributed by atoms with van der Waals surface area (Å²) in [5.41, 5.74) is 5.79. The average Bonchev–Trinajstić information content (AvgIpc) is 2.79. The molecule has 2 aromatic carbocycles. The molecule has 0 unspecified atom stereocenters. The zero-order valence-corrected chi connectivity index (χ0v) is 23.7. The lowest BCUT2D eigenvalue weighted by atomic mass is 9.76. The van der Waals surface area contributed by atoms with Crippen LogP contribution in [-0.4, -0.2) is 0 Å². The molecule has 0 aliphatic heterocycles. The van der Waals surface area contributed by atoms with E-state index in [1.807, 2.05) is 0 Å². The van der Waals surface area contributed by atoms with E-state index in [-0.39, 0.29) is 21.7 Å². The second-order valence-electron chi connectivity index (χ2n) is 12.5. The molecule has 0 atom stereocenters. The molecule has 0 aliphatic rings. The van der Waals surface area contributed by atoms with Gasteiger partial charge in [0.15, 0.2) is 0 Å². The minimum absolute atomic E-state index is 0.0414. The molecule has 0 N–H and O–H groups in total. The maximum Gasteiger partial charge on any atom is 0.131 e. The molecule has 1 heteroatoms. The van der Waals surface area contributed by atoms with Crippen molar-refractivity contribution in [3.05, 3.63) is 58.7 Å². The van der Waals surface area contributed by atoms with E-state index in [9.17, 15) is 0 Å². The van der Waals surface area contributed by atoms with E-state index in [0.29, 0.717) is 0 Å². The summed E-state index contributed by atoms with van der Waals surface area (Å²) >= 11 is 0. The lowest BCUT2D eigenvalue weighted by Crippen LogP contribution is -2.22. The lowest BCUT2D eigenvalue weighted by molar-refractivity contribution is 0.410. The van der Waals surface area contributed by atoms with E-state index in [1.165, 1.54) is 22.3 Å². The predicted octanol–water partition coefficient (Wildman–Crippen LogP) is 10.2. The molecule has 0 aromatic heterocycles. The van der Waals surface area contributed by atoms with E-state index in [4.69, 9.17) is 4.74 Å². The standard InChI is InChI=1S/C32H50O/c1-13-29(5,6)23-17-19-27(25(21-23)31(9,10)15-3)33-28-20-18-24(30(7,8)14-2)22-26(28)32(11,12)16-4/h17-22H,13-16H2,1-12H3. The van der Waals surface area contributed by atoms with Crippen LogP contribution in [0.3, 0.4) is 0 Å². The lowest BCUT2D eigenvalue weighted by Gasteiger charge is -2.32. The summed E-state index contributed by atoms with van der Waals surface area (Å²) in [4.78, 5) is 0. The van der Waals surface area contributed by atoms with Crippen LogP contribution in [0.2, 0.25) is 0 Å². The van der Waals surface area contributed by atoms with E-state index in [0.717, 1.165) is 37.2 Å². The van der Waals surface area contributed by atoms with Gasteiger partial charge in [0.1, 0.15) is 11.5 Å².